The lowest BCUT2D eigenvalue weighted by atomic mass is 9.98. The van der Waals surface area contributed by atoms with E-state index in [0.717, 1.165) is 10.5 Å². The van der Waals surface area contributed by atoms with Crippen LogP contribution in [0, 0.1) is 13.8 Å². The third-order valence-corrected chi connectivity index (χ3v) is 3.60. The molecule has 0 aliphatic carbocycles. The van der Waals surface area contributed by atoms with E-state index >= 15 is 0 Å². The first kappa shape index (κ1) is 13.8. The molecule has 0 amide bonds. The summed E-state index contributed by atoms with van der Waals surface area (Å²) in [6, 6.07) is 16.9. The Balaban J connectivity index is 2.47. The van der Waals surface area contributed by atoms with Gasteiger partial charge in [0.05, 0.1) is 6.61 Å². The minimum absolute atomic E-state index is 0.686. The predicted octanol–water partition coefficient (Wildman–Crippen LogP) is 3.14. The summed E-state index contributed by atoms with van der Waals surface area (Å²) in [6.07, 6.45) is 2.25. The molecule has 19 heavy (non-hydrogen) atoms. The average molecular weight is 268 g/mol. The van der Waals surface area contributed by atoms with Gasteiger partial charge in [0, 0.05) is 0 Å². The Kier molecular flexibility index (Phi) is 4.72. The Morgan fingerprint density at radius 3 is 2.26 bits per heavy atom. The molecule has 0 unspecified atom stereocenters. The molecule has 0 saturated carbocycles. The second-order valence-corrected chi connectivity index (χ2v) is 5.35. The first-order chi connectivity index (χ1) is 9.22. The Morgan fingerprint density at radius 1 is 1.00 bits per heavy atom. The standard InChI is InChI=1S/C17H20OSi/c1-13-7-3-5-9-15(13)11-16(12-18-19)17-10-6-4-8-14(17)2/h3-11H,12H2,1-2,19H3. The fourth-order valence-corrected chi connectivity index (χ4v) is 2.53. The highest BCUT2D eigenvalue weighted by atomic mass is 28.2. The topological polar surface area (TPSA) is 9.23 Å². The highest BCUT2D eigenvalue weighted by Gasteiger charge is 2.05. The van der Waals surface area contributed by atoms with Gasteiger partial charge in [0.1, 0.15) is 10.5 Å². The summed E-state index contributed by atoms with van der Waals surface area (Å²) >= 11 is 0. The molecule has 2 aromatic carbocycles. The highest BCUT2D eigenvalue weighted by molar-refractivity contribution is 5.99. The van der Waals surface area contributed by atoms with E-state index in [0.29, 0.717) is 6.61 Å². The van der Waals surface area contributed by atoms with Gasteiger partial charge in [0.15, 0.2) is 0 Å². The number of hydrogen-bond acceptors (Lipinski definition) is 1. The molecule has 0 fully saturated rings. The van der Waals surface area contributed by atoms with E-state index < -0.39 is 0 Å². The normalized spacial score (nSPS) is 11.8. The van der Waals surface area contributed by atoms with Crippen molar-refractivity contribution in [3.8, 4) is 0 Å². The lowest BCUT2D eigenvalue weighted by Crippen LogP contribution is -1.97. The Morgan fingerprint density at radius 2 is 1.63 bits per heavy atom. The molecule has 2 heteroatoms. The minimum atomic E-state index is 0.686. The van der Waals surface area contributed by atoms with Gasteiger partial charge in [-0.15, -0.1) is 0 Å². The van der Waals surface area contributed by atoms with Crippen molar-refractivity contribution >= 4 is 22.1 Å². The molecule has 0 bridgehead atoms. The summed E-state index contributed by atoms with van der Waals surface area (Å²) in [5.74, 6) is 0. The van der Waals surface area contributed by atoms with Gasteiger partial charge >= 0.3 is 0 Å². The smallest absolute Gasteiger partial charge is 0.146 e. The summed E-state index contributed by atoms with van der Waals surface area (Å²) in [7, 11) is 0.760. The van der Waals surface area contributed by atoms with Crippen LogP contribution in [-0.4, -0.2) is 17.1 Å². The Bertz CT molecular complexity index is 587. The van der Waals surface area contributed by atoms with E-state index in [-0.39, 0.29) is 0 Å². The van der Waals surface area contributed by atoms with E-state index in [2.05, 4.69) is 68.5 Å². The van der Waals surface area contributed by atoms with Gasteiger partial charge in [0.25, 0.3) is 0 Å². The highest BCUT2D eigenvalue weighted by Crippen LogP contribution is 2.23. The third kappa shape index (κ3) is 3.43. The molecule has 0 radical (unpaired) electrons. The molecule has 0 saturated heterocycles. The van der Waals surface area contributed by atoms with Crippen molar-refractivity contribution in [3.63, 3.8) is 0 Å². The van der Waals surface area contributed by atoms with Crippen LogP contribution in [0.1, 0.15) is 22.3 Å². The van der Waals surface area contributed by atoms with Crippen LogP contribution in [0.2, 0.25) is 0 Å². The quantitative estimate of drug-likeness (QED) is 0.611. The van der Waals surface area contributed by atoms with Crippen molar-refractivity contribution < 1.29 is 4.43 Å². The van der Waals surface area contributed by atoms with Crippen LogP contribution < -0.4 is 0 Å². The second kappa shape index (κ2) is 6.50. The van der Waals surface area contributed by atoms with Gasteiger partial charge < -0.3 is 4.43 Å². The van der Waals surface area contributed by atoms with Gasteiger partial charge in [-0.25, -0.2) is 0 Å². The molecule has 98 valence electrons. The molecular formula is C17H20OSi. The largest absolute Gasteiger partial charge is 0.424 e. The van der Waals surface area contributed by atoms with Gasteiger partial charge in [-0.3, -0.25) is 0 Å². The molecule has 0 aliphatic rings. The van der Waals surface area contributed by atoms with Crippen molar-refractivity contribution in [3.05, 3.63) is 70.8 Å². The maximum atomic E-state index is 5.50. The van der Waals surface area contributed by atoms with Crippen LogP contribution in [0.3, 0.4) is 0 Å². The van der Waals surface area contributed by atoms with Crippen LogP contribution in [-0.2, 0) is 4.43 Å². The molecule has 0 heterocycles. The molecule has 0 N–H and O–H groups in total. The van der Waals surface area contributed by atoms with Crippen molar-refractivity contribution in [2.45, 2.75) is 13.8 Å². The fraction of sp³-hybridized carbons (Fsp3) is 0.176. The van der Waals surface area contributed by atoms with Gasteiger partial charge in [-0.05, 0) is 47.8 Å². The van der Waals surface area contributed by atoms with Crippen LogP contribution in [0.25, 0.3) is 11.6 Å². The minimum Gasteiger partial charge on any atom is -0.424 e. The van der Waals surface area contributed by atoms with Gasteiger partial charge in [0.2, 0.25) is 0 Å². The molecule has 2 aromatic rings. The SMILES string of the molecule is Cc1ccccc1C=C(CO[SiH3])c1ccccc1C. The van der Waals surface area contributed by atoms with Crippen molar-refractivity contribution in [1.29, 1.82) is 0 Å². The zero-order valence-corrected chi connectivity index (χ0v) is 13.8. The van der Waals surface area contributed by atoms with Crippen LogP contribution >= 0.6 is 0 Å². The third-order valence-electron chi connectivity index (χ3n) is 3.31. The lowest BCUT2D eigenvalue weighted by Gasteiger charge is -2.11. The van der Waals surface area contributed by atoms with Crippen LogP contribution in [0.15, 0.2) is 48.5 Å². The summed E-state index contributed by atoms with van der Waals surface area (Å²) < 4.78 is 5.50. The van der Waals surface area contributed by atoms with Crippen molar-refractivity contribution in [2.24, 2.45) is 0 Å². The molecule has 0 aromatic heterocycles. The maximum Gasteiger partial charge on any atom is 0.146 e. The van der Waals surface area contributed by atoms with E-state index in [4.69, 9.17) is 4.43 Å². The van der Waals surface area contributed by atoms with Crippen molar-refractivity contribution in [1.82, 2.24) is 0 Å². The molecule has 0 atom stereocenters. The number of aryl methyl sites for hydroxylation is 2. The summed E-state index contributed by atoms with van der Waals surface area (Å²) in [6.45, 7) is 4.97. The van der Waals surface area contributed by atoms with E-state index in [1.807, 2.05) is 0 Å². The maximum absolute atomic E-state index is 5.50. The Hall–Kier alpha value is -1.64. The second-order valence-electron chi connectivity index (χ2n) is 4.77. The van der Waals surface area contributed by atoms with Crippen molar-refractivity contribution in [2.75, 3.05) is 6.61 Å². The molecule has 2 rings (SSSR count). The zero-order chi connectivity index (χ0) is 13.7. The molecule has 0 spiro atoms. The first-order valence-corrected chi connectivity index (χ1v) is 7.35. The summed E-state index contributed by atoms with van der Waals surface area (Å²) in [5.41, 5.74) is 6.38. The predicted molar refractivity (Wildman–Crippen MR) is 86.1 cm³/mol. The average Bonchev–Trinajstić information content (AvgIpc) is 2.41. The monoisotopic (exact) mass is 268 g/mol. The van der Waals surface area contributed by atoms with E-state index in [1.54, 1.807) is 0 Å². The van der Waals surface area contributed by atoms with E-state index in [1.165, 1.54) is 27.8 Å². The number of hydrogen-bond donors (Lipinski definition) is 0. The molecule has 0 aliphatic heterocycles. The number of benzene rings is 2. The van der Waals surface area contributed by atoms with Crippen LogP contribution in [0.4, 0.5) is 0 Å². The summed E-state index contributed by atoms with van der Waals surface area (Å²) in [4.78, 5) is 0. The van der Waals surface area contributed by atoms with E-state index in [9.17, 15) is 0 Å². The lowest BCUT2D eigenvalue weighted by molar-refractivity contribution is 0.410. The Labute approximate surface area is 118 Å². The van der Waals surface area contributed by atoms with Gasteiger partial charge in [-0.2, -0.15) is 0 Å². The van der Waals surface area contributed by atoms with Gasteiger partial charge in [-0.1, -0.05) is 48.5 Å². The molecular weight excluding hydrogens is 248 g/mol. The fourth-order valence-electron chi connectivity index (χ4n) is 2.22. The molecule has 1 nitrogen and oxygen atoms in total. The van der Waals surface area contributed by atoms with Crippen LogP contribution in [0.5, 0.6) is 0 Å². The number of rotatable bonds is 4. The summed E-state index contributed by atoms with van der Waals surface area (Å²) in [5, 5.41) is 0. The zero-order valence-electron chi connectivity index (χ0n) is 11.8. The first-order valence-electron chi connectivity index (χ1n) is 6.53.